The SMILES string of the molecule is NC(=O)[C@@]1(F)COc2c1cc([C@@](O)(CNC(=O)c1cc(OC3CC3)c3ncc(Cl)cc3c1)C(F)(F)F)nc2-c1ccc(F)cc1. The molecular weight excluding hydrogens is 627 g/mol. The first-order valence-electron chi connectivity index (χ1n) is 13.5. The number of nitrogens with zero attached hydrogens (tertiary/aromatic N) is 2. The monoisotopic (exact) mass is 648 g/mol. The molecule has 234 valence electrons. The van der Waals surface area contributed by atoms with Gasteiger partial charge in [0.15, 0.2) is 5.75 Å². The number of amides is 2. The Morgan fingerprint density at radius 1 is 1.16 bits per heavy atom. The van der Waals surface area contributed by atoms with E-state index in [1.165, 1.54) is 24.4 Å². The predicted octanol–water partition coefficient (Wildman–Crippen LogP) is 4.85. The van der Waals surface area contributed by atoms with Gasteiger partial charge in [-0.3, -0.25) is 14.6 Å². The zero-order valence-electron chi connectivity index (χ0n) is 22.9. The number of pyridine rings is 2. The number of hydrogen-bond acceptors (Lipinski definition) is 7. The van der Waals surface area contributed by atoms with Gasteiger partial charge in [-0.15, -0.1) is 0 Å². The summed E-state index contributed by atoms with van der Waals surface area (Å²) in [5.41, 5.74) is -3.81. The standard InChI is InChI=1S/C30H22ClF5N4O5/c31-17-8-15-7-16(9-21(23(15)38-11-17)45-19-5-6-19)26(41)39-12-29(43,30(34,35)36)22-10-20-25(44-13-28(20,33)27(37)42)24(40-22)14-1-3-18(32)4-2-14/h1-4,7-11,19,43H,5-6,12-13H2,(H2,37,42)(H,39,41)/t28-,29+/m1/s1. The van der Waals surface area contributed by atoms with Gasteiger partial charge < -0.3 is 25.6 Å². The first kappa shape index (κ1) is 30.5. The van der Waals surface area contributed by atoms with Gasteiger partial charge in [0.05, 0.1) is 23.4 Å². The zero-order valence-corrected chi connectivity index (χ0v) is 23.7. The number of benzene rings is 2. The fourth-order valence-electron chi connectivity index (χ4n) is 4.86. The Hall–Kier alpha value is -4.56. The van der Waals surface area contributed by atoms with Crippen LogP contribution in [0.4, 0.5) is 22.0 Å². The van der Waals surface area contributed by atoms with E-state index >= 15 is 4.39 Å². The van der Waals surface area contributed by atoms with Gasteiger partial charge in [0.25, 0.3) is 17.5 Å². The summed E-state index contributed by atoms with van der Waals surface area (Å²) in [6.07, 6.45) is -2.66. The molecule has 2 atom stereocenters. The van der Waals surface area contributed by atoms with Crippen molar-refractivity contribution in [1.29, 1.82) is 0 Å². The van der Waals surface area contributed by atoms with Gasteiger partial charge in [-0.2, -0.15) is 13.2 Å². The van der Waals surface area contributed by atoms with Crippen LogP contribution in [0.5, 0.6) is 11.5 Å². The maximum atomic E-state index is 15.7. The number of aromatic nitrogens is 2. The molecule has 2 amide bonds. The van der Waals surface area contributed by atoms with Gasteiger partial charge in [-0.05, 0) is 61.4 Å². The van der Waals surface area contributed by atoms with Crippen molar-refractivity contribution < 1.29 is 46.1 Å². The molecule has 0 saturated heterocycles. The normalized spacial score (nSPS) is 19.0. The smallest absolute Gasteiger partial charge is 0.424 e. The first-order valence-corrected chi connectivity index (χ1v) is 13.8. The fourth-order valence-corrected chi connectivity index (χ4v) is 5.03. The molecule has 45 heavy (non-hydrogen) atoms. The summed E-state index contributed by atoms with van der Waals surface area (Å²) in [5, 5.41) is 13.9. The third-order valence-corrected chi connectivity index (χ3v) is 7.72. The predicted molar refractivity (Wildman–Crippen MR) is 150 cm³/mol. The number of rotatable bonds is 8. The number of carbonyl (C=O) groups is 2. The lowest BCUT2D eigenvalue weighted by Gasteiger charge is -2.31. The van der Waals surface area contributed by atoms with Crippen LogP contribution in [0.25, 0.3) is 22.2 Å². The summed E-state index contributed by atoms with van der Waals surface area (Å²) in [6, 6.07) is 8.92. The van der Waals surface area contributed by atoms with Crippen molar-refractivity contribution in [1.82, 2.24) is 15.3 Å². The Balaban J connectivity index is 1.40. The Morgan fingerprint density at radius 3 is 2.51 bits per heavy atom. The Kier molecular flexibility index (Phi) is 7.32. The molecule has 4 aromatic rings. The molecule has 6 rings (SSSR count). The van der Waals surface area contributed by atoms with E-state index in [1.807, 2.05) is 0 Å². The topological polar surface area (TPSA) is 137 Å². The lowest BCUT2D eigenvalue weighted by molar-refractivity contribution is -0.265. The number of alkyl halides is 4. The number of carbonyl (C=O) groups excluding carboxylic acids is 2. The van der Waals surface area contributed by atoms with Gasteiger partial charge in [-0.1, -0.05) is 11.6 Å². The first-order chi connectivity index (χ1) is 21.2. The minimum Gasteiger partial charge on any atom is -0.488 e. The average Bonchev–Trinajstić information content (AvgIpc) is 3.74. The second-order valence-corrected chi connectivity index (χ2v) is 11.2. The van der Waals surface area contributed by atoms with E-state index in [1.54, 1.807) is 0 Å². The zero-order chi connectivity index (χ0) is 32.3. The van der Waals surface area contributed by atoms with E-state index in [2.05, 4.69) is 15.3 Å². The van der Waals surface area contributed by atoms with Crippen LogP contribution in [-0.2, 0) is 16.1 Å². The molecule has 0 bridgehead atoms. The molecule has 1 aliphatic carbocycles. The molecule has 0 spiro atoms. The van der Waals surface area contributed by atoms with Crippen LogP contribution < -0.4 is 20.5 Å². The third kappa shape index (κ3) is 5.48. The van der Waals surface area contributed by atoms with Crippen LogP contribution in [0.1, 0.15) is 34.5 Å². The molecule has 3 heterocycles. The highest BCUT2D eigenvalue weighted by molar-refractivity contribution is 6.31. The molecule has 2 aliphatic rings. The van der Waals surface area contributed by atoms with Crippen molar-refractivity contribution in [2.75, 3.05) is 13.2 Å². The van der Waals surface area contributed by atoms with Crippen molar-refractivity contribution in [3.8, 4) is 22.8 Å². The van der Waals surface area contributed by atoms with Gasteiger partial charge in [0.2, 0.25) is 5.60 Å². The van der Waals surface area contributed by atoms with E-state index in [4.69, 9.17) is 26.8 Å². The third-order valence-electron chi connectivity index (χ3n) is 7.52. The largest absolute Gasteiger partial charge is 0.488 e. The van der Waals surface area contributed by atoms with Crippen molar-refractivity contribution in [3.63, 3.8) is 0 Å². The fraction of sp³-hybridized carbons (Fsp3) is 0.267. The van der Waals surface area contributed by atoms with Crippen LogP contribution in [0, 0.1) is 5.82 Å². The number of ether oxygens (including phenoxy) is 2. The summed E-state index contributed by atoms with van der Waals surface area (Å²) >= 11 is 6.05. The quantitative estimate of drug-likeness (QED) is 0.232. The highest BCUT2D eigenvalue weighted by Gasteiger charge is 2.58. The number of aliphatic hydroxyl groups is 1. The Bertz CT molecular complexity index is 1850. The molecule has 0 radical (unpaired) electrons. The summed E-state index contributed by atoms with van der Waals surface area (Å²) in [7, 11) is 0. The summed E-state index contributed by atoms with van der Waals surface area (Å²) < 4.78 is 84.4. The summed E-state index contributed by atoms with van der Waals surface area (Å²) in [6.45, 7) is -2.45. The van der Waals surface area contributed by atoms with Crippen LogP contribution >= 0.6 is 11.6 Å². The molecule has 9 nitrogen and oxygen atoms in total. The Morgan fingerprint density at radius 2 is 1.87 bits per heavy atom. The maximum absolute atomic E-state index is 15.7. The van der Waals surface area contributed by atoms with E-state index in [0.29, 0.717) is 17.0 Å². The van der Waals surface area contributed by atoms with Crippen LogP contribution in [-0.4, -0.2) is 52.3 Å². The molecule has 0 unspecified atom stereocenters. The Labute approximate surface area is 256 Å². The van der Waals surface area contributed by atoms with Gasteiger partial charge in [0.1, 0.15) is 29.4 Å². The molecule has 1 saturated carbocycles. The van der Waals surface area contributed by atoms with E-state index in [-0.39, 0.29) is 28.0 Å². The van der Waals surface area contributed by atoms with Crippen molar-refractivity contribution >= 4 is 34.3 Å². The van der Waals surface area contributed by atoms with E-state index in [9.17, 15) is 32.3 Å². The average molecular weight is 649 g/mol. The number of primary amides is 1. The number of halogens is 6. The molecule has 1 aliphatic heterocycles. The van der Waals surface area contributed by atoms with Crippen molar-refractivity contribution in [2.45, 2.75) is 36.4 Å². The second kappa shape index (κ2) is 10.8. The second-order valence-electron chi connectivity index (χ2n) is 10.8. The minimum atomic E-state index is -5.49. The lowest BCUT2D eigenvalue weighted by atomic mass is 9.90. The van der Waals surface area contributed by atoms with Gasteiger partial charge in [-0.25, -0.2) is 13.8 Å². The maximum Gasteiger partial charge on any atom is 0.424 e. The van der Waals surface area contributed by atoms with Crippen LogP contribution in [0.15, 0.2) is 54.7 Å². The van der Waals surface area contributed by atoms with E-state index in [0.717, 1.165) is 37.1 Å². The minimum absolute atomic E-state index is 0.0107. The number of fused-ring (bicyclic) bond motifs is 2. The molecule has 4 N–H and O–H groups in total. The highest BCUT2D eigenvalue weighted by Crippen LogP contribution is 2.48. The van der Waals surface area contributed by atoms with Crippen LogP contribution in [0.2, 0.25) is 5.02 Å². The van der Waals surface area contributed by atoms with Crippen molar-refractivity contribution in [3.05, 3.63) is 82.4 Å². The molecule has 1 fully saturated rings. The molecular formula is C30H22ClF5N4O5. The number of hydrogen-bond donors (Lipinski definition) is 3. The van der Waals surface area contributed by atoms with Crippen molar-refractivity contribution in [2.24, 2.45) is 5.73 Å². The molecule has 15 heteroatoms. The number of nitrogens with one attached hydrogen (secondary N) is 1. The van der Waals surface area contributed by atoms with E-state index < -0.39 is 70.9 Å². The van der Waals surface area contributed by atoms with Gasteiger partial charge >= 0.3 is 6.18 Å². The van der Waals surface area contributed by atoms with Gasteiger partial charge in [0, 0.05) is 28.3 Å². The lowest BCUT2D eigenvalue weighted by Crippen LogP contribution is -2.51. The molecule has 2 aromatic carbocycles. The molecule has 2 aromatic heterocycles. The summed E-state index contributed by atoms with van der Waals surface area (Å²) in [5.74, 6) is -3.45. The number of nitrogens with two attached hydrogens (primary N) is 1. The van der Waals surface area contributed by atoms with Crippen LogP contribution in [0.3, 0.4) is 0 Å². The highest BCUT2D eigenvalue weighted by atomic mass is 35.5. The summed E-state index contributed by atoms with van der Waals surface area (Å²) in [4.78, 5) is 33.5.